The SMILES string of the molecule is CCOc1cc(CN(c2ncnc3c2cnn3C)C2CC2)ccc1OC(F)F. The lowest BCUT2D eigenvalue weighted by atomic mass is 10.1. The average Bonchev–Trinajstić information content (AvgIpc) is 3.44. The molecule has 2 heterocycles. The van der Waals surface area contributed by atoms with Crippen molar-refractivity contribution in [1.82, 2.24) is 19.7 Å². The van der Waals surface area contributed by atoms with Crippen molar-refractivity contribution in [3.8, 4) is 11.5 Å². The molecule has 0 bridgehead atoms. The van der Waals surface area contributed by atoms with Gasteiger partial charge in [-0.3, -0.25) is 4.68 Å². The van der Waals surface area contributed by atoms with Crippen LogP contribution in [0.25, 0.3) is 11.0 Å². The lowest BCUT2D eigenvalue weighted by Crippen LogP contribution is -2.26. The largest absolute Gasteiger partial charge is 0.490 e. The predicted molar refractivity (Wildman–Crippen MR) is 99.8 cm³/mol. The molecular formula is C19H21F2N5O2. The molecule has 1 aliphatic carbocycles. The third-order valence-electron chi connectivity index (χ3n) is 4.65. The normalized spacial score (nSPS) is 13.9. The van der Waals surface area contributed by atoms with Crippen LogP contribution in [0.15, 0.2) is 30.7 Å². The van der Waals surface area contributed by atoms with Crippen molar-refractivity contribution in [3.63, 3.8) is 0 Å². The van der Waals surface area contributed by atoms with Gasteiger partial charge in [-0.25, -0.2) is 9.97 Å². The number of halogens is 2. The van der Waals surface area contributed by atoms with E-state index in [0.29, 0.717) is 24.9 Å². The van der Waals surface area contributed by atoms with Crippen molar-refractivity contribution in [1.29, 1.82) is 0 Å². The van der Waals surface area contributed by atoms with Crippen LogP contribution in [-0.2, 0) is 13.6 Å². The Labute approximate surface area is 160 Å². The van der Waals surface area contributed by atoms with Crippen molar-refractivity contribution in [2.75, 3.05) is 11.5 Å². The quantitative estimate of drug-likeness (QED) is 0.587. The Morgan fingerprint density at radius 3 is 2.79 bits per heavy atom. The molecule has 4 rings (SSSR count). The summed E-state index contributed by atoms with van der Waals surface area (Å²) in [6, 6.07) is 5.43. The number of nitrogens with zero attached hydrogens (tertiary/aromatic N) is 5. The topological polar surface area (TPSA) is 65.3 Å². The lowest BCUT2D eigenvalue weighted by Gasteiger charge is -2.24. The number of alkyl halides is 2. The van der Waals surface area contributed by atoms with Crippen LogP contribution < -0.4 is 14.4 Å². The van der Waals surface area contributed by atoms with E-state index in [-0.39, 0.29) is 5.75 Å². The van der Waals surface area contributed by atoms with Gasteiger partial charge in [0.25, 0.3) is 0 Å². The van der Waals surface area contributed by atoms with Crippen molar-refractivity contribution in [2.45, 2.75) is 39.0 Å². The first-order valence-corrected chi connectivity index (χ1v) is 9.16. The third kappa shape index (κ3) is 3.69. The summed E-state index contributed by atoms with van der Waals surface area (Å²) in [6.07, 6.45) is 5.47. The minimum absolute atomic E-state index is 0.0373. The summed E-state index contributed by atoms with van der Waals surface area (Å²) in [6.45, 7) is -0.166. The van der Waals surface area contributed by atoms with Crippen molar-refractivity contribution in [3.05, 3.63) is 36.3 Å². The number of aryl methyl sites for hydroxylation is 1. The maximum atomic E-state index is 12.6. The Hall–Kier alpha value is -2.97. The first kappa shape index (κ1) is 18.4. The number of hydrogen-bond donors (Lipinski definition) is 0. The van der Waals surface area contributed by atoms with Crippen LogP contribution in [0.4, 0.5) is 14.6 Å². The van der Waals surface area contributed by atoms with E-state index in [9.17, 15) is 8.78 Å². The fourth-order valence-electron chi connectivity index (χ4n) is 3.25. The number of anilines is 1. The van der Waals surface area contributed by atoms with E-state index in [4.69, 9.17) is 4.74 Å². The first-order chi connectivity index (χ1) is 13.6. The van der Waals surface area contributed by atoms with Gasteiger partial charge in [-0.2, -0.15) is 13.9 Å². The molecule has 9 heteroatoms. The summed E-state index contributed by atoms with van der Waals surface area (Å²) in [5.41, 5.74) is 1.69. The second kappa shape index (κ2) is 7.57. The van der Waals surface area contributed by atoms with Gasteiger partial charge in [0, 0.05) is 19.6 Å². The van der Waals surface area contributed by atoms with Crippen LogP contribution in [0, 0.1) is 0 Å². The Bertz CT molecular complexity index is 974. The minimum Gasteiger partial charge on any atom is -0.490 e. The maximum Gasteiger partial charge on any atom is 0.387 e. The van der Waals surface area contributed by atoms with Crippen LogP contribution >= 0.6 is 0 Å². The van der Waals surface area contributed by atoms with Gasteiger partial charge in [-0.05, 0) is 37.5 Å². The minimum atomic E-state index is -2.90. The molecule has 0 radical (unpaired) electrons. The summed E-state index contributed by atoms with van der Waals surface area (Å²) in [4.78, 5) is 11.0. The molecule has 0 spiro atoms. The van der Waals surface area contributed by atoms with Crippen LogP contribution in [0.1, 0.15) is 25.3 Å². The average molecular weight is 389 g/mol. The Balaban J connectivity index is 1.66. The highest BCUT2D eigenvalue weighted by molar-refractivity contribution is 5.86. The van der Waals surface area contributed by atoms with Gasteiger partial charge in [0.1, 0.15) is 12.1 Å². The van der Waals surface area contributed by atoms with Crippen LogP contribution in [0.3, 0.4) is 0 Å². The highest BCUT2D eigenvalue weighted by Gasteiger charge is 2.32. The standard InChI is InChI=1S/C19H21F2N5O2/c1-3-27-16-8-12(4-7-15(16)28-19(20)21)10-26(13-5-6-13)18-14-9-24-25(2)17(14)22-11-23-18/h4,7-9,11,13,19H,3,5-6,10H2,1-2H3. The second-order valence-corrected chi connectivity index (χ2v) is 6.65. The molecule has 1 aromatic carbocycles. The van der Waals surface area contributed by atoms with E-state index in [1.807, 2.05) is 7.05 Å². The number of rotatable bonds is 8. The summed E-state index contributed by atoms with van der Waals surface area (Å²) >= 11 is 0. The van der Waals surface area contributed by atoms with E-state index in [0.717, 1.165) is 35.3 Å². The van der Waals surface area contributed by atoms with E-state index < -0.39 is 6.61 Å². The molecule has 1 aliphatic rings. The van der Waals surface area contributed by atoms with Crippen molar-refractivity contribution in [2.24, 2.45) is 7.05 Å². The van der Waals surface area contributed by atoms with Crippen LogP contribution in [-0.4, -0.2) is 39.0 Å². The second-order valence-electron chi connectivity index (χ2n) is 6.65. The smallest absolute Gasteiger partial charge is 0.387 e. The summed E-state index contributed by atoms with van der Waals surface area (Å²) in [7, 11) is 1.84. The molecule has 1 fully saturated rings. The molecule has 0 saturated heterocycles. The van der Waals surface area contributed by atoms with E-state index in [2.05, 4.69) is 24.7 Å². The molecule has 1 saturated carbocycles. The van der Waals surface area contributed by atoms with Crippen LogP contribution in [0.2, 0.25) is 0 Å². The van der Waals surface area contributed by atoms with Gasteiger partial charge in [0.15, 0.2) is 17.1 Å². The maximum absolute atomic E-state index is 12.6. The molecule has 7 nitrogen and oxygen atoms in total. The van der Waals surface area contributed by atoms with Crippen molar-refractivity contribution < 1.29 is 18.3 Å². The first-order valence-electron chi connectivity index (χ1n) is 9.16. The van der Waals surface area contributed by atoms with E-state index in [1.54, 1.807) is 36.3 Å². The zero-order valence-corrected chi connectivity index (χ0v) is 15.7. The molecule has 2 aromatic heterocycles. The number of benzene rings is 1. The highest BCUT2D eigenvalue weighted by atomic mass is 19.3. The fraction of sp³-hybridized carbons (Fsp3) is 0.421. The monoisotopic (exact) mass is 389 g/mol. The molecule has 0 atom stereocenters. The molecule has 0 aliphatic heterocycles. The van der Waals surface area contributed by atoms with Crippen LogP contribution in [0.5, 0.6) is 11.5 Å². The van der Waals surface area contributed by atoms with Gasteiger partial charge in [-0.15, -0.1) is 0 Å². The number of aromatic nitrogens is 4. The molecule has 0 N–H and O–H groups in total. The lowest BCUT2D eigenvalue weighted by molar-refractivity contribution is -0.0514. The predicted octanol–water partition coefficient (Wildman–Crippen LogP) is 3.53. The van der Waals surface area contributed by atoms with Gasteiger partial charge in [0.05, 0.1) is 18.2 Å². The van der Waals surface area contributed by atoms with Gasteiger partial charge >= 0.3 is 6.61 Å². The van der Waals surface area contributed by atoms with Gasteiger partial charge in [-0.1, -0.05) is 6.07 Å². The zero-order valence-electron chi connectivity index (χ0n) is 15.7. The summed E-state index contributed by atoms with van der Waals surface area (Å²) in [5, 5.41) is 5.17. The highest BCUT2D eigenvalue weighted by Crippen LogP contribution is 2.36. The summed E-state index contributed by atoms with van der Waals surface area (Å²) < 4.78 is 37.0. The number of fused-ring (bicyclic) bond motifs is 1. The fourth-order valence-corrected chi connectivity index (χ4v) is 3.25. The number of hydrogen-bond acceptors (Lipinski definition) is 6. The zero-order chi connectivity index (χ0) is 19.7. The summed E-state index contributed by atoms with van der Waals surface area (Å²) in [5.74, 6) is 1.17. The van der Waals surface area contributed by atoms with Crippen molar-refractivity contribution >= 4 is 16.9 Å². The molecular weight excluding hydrogens is 368 g/mol. The molecule has 3 aromatic rings. The van der Waals surface area contributed by atoms with E-state index in [1.165, 1.54) is 6.07 Å². The van der Waals surface area contributed by atoms with Gasteiger partial charge < -0.3 is 14.4 Å². The molecule has 0 unspecified atom stereocenters. The van der Waals surface area contributed by atoms with E-state index >= 15 is 0 Å². The number of ether oxygens (including phenoxy) is 2. The Morgan fingerprint density at radius 2 is 2.07 bits per heavy atom. The molecule has 148 valence electrons. The molecule has 28 heavy (non-hydrogen) atoms. The Kier molecular flexibility index (Phi) is 4.97. The molecule has 0 amide bonds. The Morgan fingerprint density at radius 1 is 1.25 bits per heavy atom. The third-order valence-corrected chi connectivity index (χ3v) is 4.65. The van der Waals surface area contributed by atoms with Gasteiger partial charge in [0.2, 0.25) is 0 Å².